The van der Waals surface area contributed by atoms with E-state index in [-0.39, 0.29) is 0 Å². The fraction of sp³-hybridized carbons (Fsp3) is 0.926. The zero-order valence-electron chi connectivity index (χ0n) is 37.2. The van der Waals surface area contributed by atoms with Crippen LogP contribution in [0.2, 0.25) is 0 Å². The van der Waals surface area contributed by atoms with Gasteiger partial charge in [0.2, 0.25) is 0 Å². The Morgan fingerprint density at radius 1 is 0.517 bits per heavy atom. The highest BCUT2D eigenvalue weighted by molar-refractivity contribution is 5.20. The third kappa shape index (κ3) is 6.55. The molecule has 21 atom stereocenters. The summed E-state index contributed by atoms with van der Waals surface area (Å²) in [6.07, 6.45) is 48.9. The summed E-state index contributed by atoms with van der Waals surface area (Å²) < 4.78 is 14.7. The van der Waals surface area contributed by atoms with Gasteiger partial charge < -0.3 is 14.4 Å². The molecule has 0 amide bonds. The fourth-order valence-corrected chi connectivity index (χ4v) is 19.2. The van der Waals surface area contributed by atoms with Crippen molar-refractivity contribution in [2.75, 3.05) is 0 Å². The van der Waals surface area contributed by atoms with Gasteiger partial charge in [-0.2, -0.15) is 0 Å². The molecule has 322 valence electrons. The number of hydrogen-bond donors (Lipinski definition) is 0. The van der Waals surface area contributed by atoms with Crippen LogP contribution < -0.4 is 0 Å². The SMILES string of the molecule is CC1C=C(N(C2CCC3CCC4C5C(CCC2C35)CCC4N(C2CCCC(C)C2)C2CCCC3C4CCCCC4OC32)C2CC=CC3C4CCCCC4OC32)CCC1. The van der Waals surface area contributed by atoms with E-state index >= 15 is 0 Å². The Kier molecular flexibility index (Phi) is 10.7. The van der Waals surface area contributed by atoms with Crippen LogP contribution in [0.25, 0.3) is 0 Å². The van der Waals surface area contributed by atoms with E-state index in [4.69, 9.17) is 9.47 Å². The summed E-state index contributed by atoms with van der Waals surface area (Å²) in [5.41, 5.74) is 1.76. The van der Waals surface area contributed by atoms with E-state index < -0.39 is 0 Å². The highest BCUT2D eigenvalue weighted by Crippen LogP contribution is 2.63. The van der Waals surface area contributed by atoms with Crippen molar-refractivity contribution in [3.05, 3.63) is 23.9 Å². The summed E-state index contributed by atoms with van der Waals surface area (Å²) in [6, 6.07) is 3.58. The molecular weight excluding hydrogens is 709 g/mol. The lowest BCUT2D eigenvalue weighted by atomic mass is 9.46. The highest BCUT2D eigenvalue weighted by atomic mass is 16.5. The van der Waals surface area contributed by atoms with Crippen LogP contribution in [0.1, 0.15) is 187 Å². The monoisotopic (exact) mass is 793 g/mol. The minimum atomic E-state index is 0.413. The quantitative estimate of drug-likeness (QED) is 0.250. The van der Waals surface area contributed by atoms with E-state index in [9.17, 15) is 0 Å². The van der Waals surface area contributed by atoms with Gasteiger partial charge in [-0.1, -0.05) is 77.0 Å². The number of allylic oxidation sites excluding steroid dienone is 2. The molecule has 0 aromatic rings. The van der Waals surface area contributed by atoms with Gasteiger partial charge in [0.1, 0.15) is 0 Å². The molecule has 10 aliphatic carbocycles. The zero-order chi connectivity index (χ0) is 38.5. The first-order valence-corrected chi connectivity index (χ1v) is 26.8. The van der Waals surface area contributed by atoms with Crippen molar-refractivity contribution in [3.8, 4) is 0 Å². The van der Waals surface area contributed by atoms with Crippen LogP contribution in [0.3, 0.4) is 0 Å². The number of rotatable bonds is 6. The largest absolute Gasteiger partial charge is 0.373 e. The van der Waals surface area contributed by atoms with Gasteiger partial charge >= 0.3 is 0 Å². The number of ether oxygens (including phenoxy) is 2. The summed E-state index contributed by atoms with van der Waals surface area (Å²) in [7, 11) is 0. The van der Waals surface area contributed by atoms with Crippen LogP contribution in [0.5, 0.6) is 0 Å². The Bertz CT molecular complexity index is 1520. The standard InChI is InChI=1S/C54H84N2O2/c1-33-11-7-13-37(31-33)55(47-19-9-17-41-39-15-3-5-21-49(39)57-53(41)47)45-29-25-35-24-28-44-46(30-26-36-23-27-43(45)51(35)52(36)44)56(38-14-8-12-34(2)32-38)48-20-10-18-42-40-16-4-6-22-50(40)58-54(42)48/h9,17,31,33-36,38-54H,3-8,10-16,18-30,32H2,1-2H3. The number of fused-ring (bicyclic) bond motifs is 6. The molecule has 2 heterocycles. The van der Waals surface area contributed by atoms with Crippen LogP contribution in [0, 0.1) is 71.0 Å². The topological polar surface area (TPSA) is 24.9 Å². The lowest BCUT2D eigenvalue weighted by molar-refractivity contribution is -0.155. The molecule has 2 saturated heterocycles. The summed E-state index contributed by atoms with van der Waals surface area (Å²) in [5.74, 6) is 10.5. The maximum atomic E-state index is 7.40. The molecular formula is C54H84N2O2. The molecule has 4 nitrogen and oxygen atoms in total. The average Bonchev–Trinajstić information content (AvgIpc) is 3.84. The Balaban J connectivity index is 0.873. The summed E-state index contributed by atoms with van der Waals surface area (Å²) in [4.78, 5) is 6.61. The molecule has 0 bridgehead atoms. The molecule has 4 heteroatoms. The molecule has 12 rings (SSSR count). The Morgan fingerprint density at radius 3 is 1.98 bits per heavy atom. The first-order valence-electron chi connectivity index (χ1n) is 26.8. The minimum Gasteiger partial charge on any atom is -0.373 e. The summed E-state index contributed by atoms with van der Waals surface area (Å²) in [5, 5.41) is 0. The first kappa shape index (κ1) is 38.8. The second-order valence-corrected chi connectivity index (χ2v) is 23.9. The van der Waals surface area contributed by atoms with Crippen molar-refractivity contribution in [2.45, 2.75) is 242 Å². The van der Waals surface area contributed by atoms with Gasteiger partial charge in [-0.25, -0.2) is 0 Å². The van der Waals surface area contributed by atoms with Gasteiger partial charge in [0.15, 0.2) is 0 Å². The minimum absolute atomic E-state index is 0.413. The fourth-order valence-electron chi connectivity index (χ4n) is 19.2. The molecule has 0 aromatic heterocycles. The second-order valence-electron chi connectivity index (χ2n) is 23.9. The molecule has 21 unspecified atom stereocenters. The molecule has 0 aromatic carbocycles. The van der Waals surface area contributed by atoms with Gasteiger partial charge in [0, 0.05) is 35.8 Å². The van der Waals surface area contributed by atoms with Gasteiger partial charge in [0.05, 0.1) is 30.5 Å². The van der Waals surface area contributed by atoms with Crippen molar-refractivity contribution in [2.24, 2.45) is 71.0 Å². The van der Waals surface area contributed by atoms with Crippen LogP contribution in [-0.4, -0.2) is 64.4 Å². The van der Waals surface area contributed by atoms with E-state index in [1.165, 1.54) is 173 Å². The van der Waals surface area contributed by atoms with E-state index in [2.05, 4.69) is 41.9 Å². The van der Waals surface area contributed by atoms with Gasteiger partial charge in [0.25, 0.3) is 0 Å². The molecule has 8 saturated carbocycles. The Morgan fingerprint density at radius 2 is 1.19 bits per heavy atom. The van der Waals surface area contributed by atoms with Crippen LogP contribution in [0.4, 0.5) is 0 Å². The average molecular weight is 793 g/mol. The Labute approximate surface area is 354 Å². The lowest BCUT2D eigenvalue weighted by Gasteiger charge is -2.64. The van der Waals surface area contributed by atoms with Crippen LogP contribution >= 0.6 is 0 Å². The van der Waals surface area contributed by atoms with Gasteiger partial charge in [-0.15, -0.1) is 0 Å². The number of hydrogen-bond acceptors (Lipinski definition) is 4. The second kappa shape index (κ2) is 16.1. The van der Waals surface area contributed by atoms with Crippen LogP contribution in [0.15, 0.2) is 23.9 Å². The third-order valence-electron chi connectivity index (χ3n) is 21.2. The third-order valence-corrected chi connectivity index (χ3v) is 21.2. The predicted octanol–water partition coefficient (Wildman–Crippen LogP) is 12.5. The molecule has 0 radical (unpaired) electrons. The smallest absolute Gasteiger partial charge is 0.0851 e. The van der Waals surface area contributed by atoms with Crippen molar-refractivity contribution < 1.29 is 9.47 Å². The van der Waals surface area contributed by atoms with Crippen molar-refractivity contribution in [1.29, 1.82) is 0 Å². The van der Waals surface area contributed by atoms with Crippen molar-refractivity contribution in [1.82, 2.24) is 9.80 Å². The lowest BCUT2D eigenvalue weighted by Crippen LogP contribution is -2.65. The summed E-state index contributed by atoms with van der Waals surface area (Å²) in [6.45, 7) is 5.13. The molecule has 0 N–H and O–H groups in total. The van der Waals surface area contributed by atoms with E-state index in [1.807, 2.05) is 0 Å². The van der Waals surface area contributed by atoms with Crippen molar-refractivity contribution >= 4 is 0 Å². The Hall–Kier alpha value is -0.840. The maximum absolute atomic E-state index is 7.40. The van der Waals surface area contributed by atoms with E-state index in [0.29, 0.717) is 42.4 Å². The van der Waals surface area contributed by atoms with E-state index in [0.717, 1.165) is 83.2 Å². The molecule has 58 heavy (non-hydrogen) atoms. The molecule has 0 spiro atoms. The van der Waals surface area contributed by atoms with Gasteiger partial charge in [-0.3, -0.25) is 4.90 Å². The predicted molar refractivity (Wildman–Crippen MR) is 235 cm³/mol. The maximum Gasteiger partial charge on any atom is 0.0851 e. The molecule has 12 aliphatic rings. The van der Waals surface area contributed by atoms with Crippen molar-refractivity contribution in [3.63, 3.8) is 0 Å². The number of nitrogens with zero attached hydrogens (tertiary/aromatic N) is 2. The summed E-state index contributed by atoms with van der Waals surface area (Å²) >= 11 is 0. The van der Waals surface area contributed by atoms with Gasteiger partial charge in [-0.05, 0) is 194 Å². The zero-order valence-corrected chi connectivity index (χ0v) is 37.2. The van der Waals surface area contributed by atoms with Crippen LogP contribution in [-0.2, 0) is 9.47 Å². The van der Waals surface area contributed by atoms with E-state index in [1.54, 1.807) is 5.70 Å². The first-order chi connectivity index (χ1) is 28.6. The molecule has 2 aliphatic heterocycles. The normalized spacial score (nSPS) is 53.4. The highest BCUT2D eigenvalue weighted by Gasteiger charge is 2.61. The molecule has 10 fully saturated rings.